The van der Waals surface area contributed by atoms with E-state index in [0.29, 0.717) is 22.4 Å². The summed E-state index contributed by atoms with van der Waals surface area (Å²) in [6, 6.07) is 10.8. The molecule has 0 unspecified atom stereocenters. The summed E-state index contributed by atoms with van der Waals surface area (Å²) in [6.07, 6.45) is 0. The Labute approximate surface area is 120 Å². The molecule has 0 spiro atoms. The van der Waals surface area contributed by atoms with Crippen LogP contribution in [-0.4, -0.2) is 10.2 Å². The number of aryl methyl sites for hydroxylation is 1. The number of H-pyrrole nitrogens is 1. The fourth-order valence-corrected chi connectivity index (χ4v) is 2.28. The van der Waals surface area contributed by atoms with E-state index in [4.69, 9.17) is 5.73 Å². The number of nitrogens with zero attached hydrogens (tertiary/aromatic N) is 1. The van der Waals surface area contributed by atoms with Gasteiger partial charge in [-0.15, -0.1) is 0 Å². The van der Waals surface area contributed by atoms with Crippen molar-refractivity contribution in [2.45, 2.75) is 6.92 Å². The minimum Gasteiger partial charge on any atom is -0.382 e. The van der Waals surface area contributed by atoms with Crippen LogP contribution in [-0.2, 0) is 0 Å². The third-order valence-corrected chi connectivity index (χ3v) is 3.32. The molecule has 0 saturated heterocycles. The molecule has 0 aliphatic carbocycles. The number of nitrogens with two attached hydrogens (primary N) is 1. The number of benzene rings is 2. The van der Waals surface area contributed by atoms with Gasteiger partial charge in [-0.1, -0.05) is 18.2 Å². The molecule has 0 aliphatic heterocycles. The van der Waals surface area contributed by atoms with Gasteiger partial charge in [-0.3, -0.25) is 5.10 Å². The Bertz CT molecular complexity index is 792. The summed E-state index contributed by atoms with van der Waals surface area (Å²) in [6.45, 7) is 1.81. The summed E-state index contributed by atoms with van der Waals surface area (Å²) in [5, 5.41) is 6.70. The number of nitrogen functional groups attached to an aromatic ring is 1. The Morgan fingerprint density at radius 1 is 1.05 bits per heavy atom. The normalized spacial score (nSPS) is 10.8. The molecule has 5 heteroatoms. The average molecular weight is 285 g/mol. The lowest BCUT2D eigenvalue weighted by molar-refractivity contribution is 0.627. The second-order valence-corrected chi connectivity index (χ2v) is 4.85. The highest BCUT2D eigenvalue weighted by atomic mass is 19.1. The van der Waals surface area contributed by atoms with Crippen LogP contribution in [0.25, 0.3) is 22.4 Å². The molecule has 0 atom stereocenters. The van der Waals surface area contributed by atoms with Crippen molar-refractivity contribution in [1.82, 2.24) is 10.2 Å². The molecule has 0 aliphatic rings. The van der Waals surface area contributed by atoms with E-state index in [2.05, 4.69) is 10.2 Å². The molecule has 3 N–H and O–H groups in total. The van der Waals surface area contributed by atoms with Crippen molar-refractivity contribution in [2.75, 3.05) is 5.73 Å². The number of hydrogen-bond acceptors (Lipinski definition) is 2. The lowest BCUT2D eigenvalue weighted by Crippen LogP contribution is -1.91. The SMILES string of the molecule is Cc1ccc(-c2[nH]nc(N)c2-c2ccc(F)cc2)c(F)c1. The Hall–Kier alpha value is -2.69. The number of hydrogen-bond donors (Lipinski definition) is 2. The van der Waals surface area contributed by atoms with Crippen LogP contribution in [0.5, 0.6) is 0 Å². The fourth-order valence-electron chi connectivity index (χ4n) is 2.28. The molecule has 106 valence electrons. The topological polar surface area (TPSA) is 54.7 Å². The number of nitrogens with one attached hydrogen (secondary N) is 1. The van der Waals surface area contributed by atoms with Crippen LogP contribution >= 0.6 is 0 Å². The number of rotatable bonds is 2. The Morgan fingerprint density at radius 3 is 2.43 bits per heavy atom. The van der Waals surface area contributed by atoms with Crippen molar-refractivity contribution in [2.24, 2.45) is 0 Å². The van der Waals surface area contributed by atoms with Gasteiger partial charge in [0, 0.05) is 5.56 Å². The predicted molar refractivity (Wildman–Crippen MR) is 78.5 cm³/mol. The molecule has 3 nitrogen and oxygen atoms in total. The van der Waals surface area contributed by atoms with Gasteiger partial charge in [0.25, 0.3) is 0 Å². The summed E-state index contributed by atoms with van der Waals surface area (Å²) in [7, 11) is 0. The van der Waals surface area contributed by atoms with Gasteiger partial charge in [-0.05, 0) is 42.3 Å². The summed E-state index contributed by atoms with van der Waals surface area (Å²) >= 11 is 0. The summed E-state index contributed by atoms with van der Waals surface area (Å²) < 4.78 is 27.2. The molecular weight excluding hydrogens is 272 g/mol. The van der Waals surface area contributed by atoms with Crippen LogP contribution in [0, 0.1) is 18.6 Å². The zero-order valence-electron chi connectivity index (χ0n) is 11.3. The molecule has 0 radical (unpaired) electrons. The highest BCUT2D eigenvalue weighted by Gasteiger charge is 2.17. The fraction of sp³-hybridized carbons (Fsp3) is 0.0625. The van der Waals surface area contributed by atoms with E-state index in [-0.39, 0.29) is 17.5 Å². The van der Waals surface area contributed by atoms with Gasteiger partial charge in [0.15, 0.2) is 5.82 Å². The van der Waals surface area contributed by atoms with Crippen molar-refractivity contribution in [3.63, 3.8) is 0 Å². The zero-order chi connectivity index (χ0) is 15.0. The first kappa shape index (κ1) is 13.3. The highest BCUT2D eigenvalue weighted by Crippen LogP contribution is 2.35. The zero-order valence-corrected chi connectivity index (χ0v) is 11.3. The van der Waals surface area contributed by atoms with Crippen LogP contribution < -0.4 is 5.73 Å². The number of aromatic amines is 1. The molecule has 0 fully saturated rings. The second kappa shape index (κ2) is 5.01. The Kier molecular flexibility index (Phi) is 3.17. The first-order valence-electron chi connectivity index (χ1n) is 6.42. The van der Waals surface area contributed by atoms with Crippen LogP contribution in [0.4, 0.5) is 14.6 Å². The minimum atomic E-state index is -0.359. The molecule has 0 bridgehead atoms. The molecule has 1 aromatic heterocycles. The molecular formula is C16H13F2N3. The number of halogens is 2. The van der Waals surface area contributed by atoms with Crippen LogP contribution in [0.15, 0.2) is 42.5 Å². The molecule has 2 aromatic carbocycles. The predicted octanol–water partition coefficient (Wildman–Crippen LogP) is 3.91. The quantitative estimate of drug-likeness (QED) is 0.750. The van der Waals surface area contributed by atoms with Crippen molar-refractivity contribution < 1.29 is 8.78 Å². The van der Waals surface area contributed by atoms with E-state index in [1.807, 2.05) is 13.0 Å². The van der Waals surface area contributed by atoms with Gasteiger partial charge in [-0.2, -0.15) is 5.10 Å². The molecule has 3 aromatic rings. The highest BCUT2D eigenvalue weighted by molar-refractivity contribution is 5.87. The molecule has 1 heterocycles. The lowest BCUT2D eigenvalue weighted by atomic mass is 10.00. The summed E-state index contributed by atoms with van der Waals surface area (Å²) in [4.78, 5) is 0. The van der Waals surface area contributed by atoms with E-state index >= 15 is 0 Å². The largest absolute Gasteiger partial charge is 0.382 e. The average Bonchev–Trinajstić information content (AvgIpc) is 2.82. The number of aromatic nitrogens is 2. The van der Waals surface area contributed by atoms with Gasteiger partial charge < -0.3 is 5.73 Å². The van der Waals surface area contributed by atoms with Crippen LogP contribution in [0.3, 0.4) is 0 Å². The molecule has 3 rings (SSSR count). The Balaban J connectivity index is 2.19. The third kappa shape index (κ3) is 2.38. The number of anilines is 1. The first-order valence-corrected chi connectivity index (χ1v) is 6.42. The summed E-state index contributed by atoms with van der Waals surface area (Å²) in [5.41, 5.74) is 8.80. The third-order valence-electron chi connectivity index (χ3n) is 3.32. The van der Waals surface area contributed by atoms with Crippen molar-refractivity contribution in [3.8, 4) is 22.4 Å². The van der Waals surface area contributed by atoms with Crippen molar-refractivity contribution >= 4 is 5.82 Å². The van der Waals surface area contributed by atoms with Gasteiger partial charge in [-0.25, -0.2) is 8.78 Å². The lowest BCUT2D eigenvalue weighted by Gasteiger charge is -2.06. The maximum atomic E-state index is 14.2. The smallest absolute Gasteiger partial charge is 0.153 e. The molecule has 21 heavy (non-hydrogen) atoms. The first-order chi connectivity index (χ1) is 10.1. The minimum absolute atomic E-state index is 0.247. The van der Waals surface area contributed by atoms with E-state index in [1.54, 1.807) is 18.2 Å². The van der Waals surface area contributed by atoms with Crippen molar-refractivity contribution in [3.05, 3.63) is 59.7 Å². The van der Waals surface area contributed by atoms with Gasteiger partial charge in [0.05, 0.1) is 11.3 Å². The Morgan fingerprint density at radius 2 is 1.76 bits per heavy atom. The van der Waals surface area contributed by atoms with Crippen LogP contribution in [0.2, 0.25) is 0 Å². The van der Waals surface area contributed by atoms with E-state index < -0.39 is 0 Å². The van der Waals surface area contributed by atoms with E-state index in [0.717, 1.165) is 5.56 Å². The molecule has 0 saturated carbocycles. The van der Waals surface area contributed by atoms with E-state index in [1.165, 1.54) is 18.2 Å². The van der Waals surface area contributed by atoms with E-state index in [9.17, 15) is 8.78 Å². The van der Waals surface area contributed by atoms with Crippen molar-refractivity contribution in [1.29, 1.82) is 0 Å². The van der Waals surface area contributed by atoms with Gasteiger partial charge in [0.1, 0.15) is 11.6 Å². The standard InChI is InChI=1S/C16H13F2N3/c1-9-2-7-12(13(18)8-9)15-14(16(19)21-20-15)10-3-5-11(17)6-4-10/h2-8H,1H3,(H3,19,20,21). The monoisotopic (exact) mass is 285 g/mol. The van der Waals surface area contributed by atoms with Gasteiger partial charge >= 0.3 is 0 Å². The summed E-state index contributed by atoms with van der Waals surface area (Å²) in [5.74, 6) is -0.456. The maximum Gasteiger partial charge on any atom is 0.153 e. The maximum absolute atomic E-state index is 14.2. The van der Waals surface area contributed by atoms with Gasteiger partial charge in [0.2, 0.25) is 0 Å². The molecule has 0 amide bonds. The second-order valence-electron chi connectivity index (χ2n) is 4.85. The van der Waals surface area contributed by atoms with Crippen LogP contribution in [0.1, 0.15) is 5.56 Å².